The van der Waals surface area contributed by atoms with Gasteiger partial charge in [0.15, 0.2) is 5.78 Å². The monoisotopic (exact) mass is 405 g/mol. The van der Waals surface area contributed by atoms with Crippen molar-refractivity contribution in [3.8, 4) is 0 Å². The molecule has 0 saturated carbocycles. The highest BCUT2D eigenvalue weighted by molar-refractivity contribution is 7.18. The van der Waals surface area contributed by atoms with Crippen LogP contribution in [0.25, 0.3) is 0 Å². The van der Waals surface area contributed by atoms with Gasteiger partial charge in [0.2, 0.25) is 0 Å². The van der Waals surface area contributed by atoms with Gasteiger partial charge in [0.1, 0.15) is 10.8 Å². The zero-order valence-electron chi connectivity index (χ0n) is 16.1. The first kappa shape index (κ1) is 19.8. The highest BCUT2D eigenvalue weighted by Gasteiger charge is 2.30. The number of nitrogens with one attached hydrogen (secondary N) is 1. The molecular formula is C20H24FNO3SSi. The zero-order valence-corrected chi connectivity index (χ0v) is 17.9. The Bertz CT molecular complexity index is 901. The lowest BCUT2D eigenvalue weighted by molar-refractivity contribution is 0.0527. The van der Waals surface area contributed by atoms with Gasteiger partial charge in [-0.2, -0.15) is 0 Å². The molecule has 1 aliphatic carbocycles. The fraction of sp³-hybridized carbons (Fsp3) is 0.400. The minimum atomic E-state index is -1.62. The normalized spacial score (nSPS) is 14.0. The Labute approximate surface area is 163 Å². The summed E-state index contributed by atoms with van der Waals surface area (Å²) < 4.78 is 19.9. The first-order valence-corrected chi connectivity index (χ1v) is 13.5. The van der Waals surface area contributed by atoms with Crippen LogP contribution in [0.1, 0.15) is 45.4 Å². The topological polar surface area (TPSA) is 55.4 Å². The molecule has 1 N–H and O–H groups in total. The van der Waals surface area contributed by atoms with E-state index in [0.29, 0.717) is 40.4 Å². The van der Waals surface area contributed by atoms with Crippen LogP contribution in [0.5, 0.6) is 0 Å². The summed E-state index contributed by atoms with van der Waals surface area (Å²) >= 11 is 1.22. The molecule has 27 heavy (non-hydrogen) atoms. The molecule has 7 heteroatoms. The number of halogens is 1. The van der Waals surface area contributed by atoms with E-state index < -0.39 is 14.0 Å². The molecular weight excluding hydrogens is 381 g/mol. The molecule has 2 aromatic rings. The Morgan fingerprint density at radius 1 is 1.30 bits per heavy atom. The number of ketones is 1. The van der Waals surface area contributed by atoms with Gasteiger partial charge in [-0.15, -0.1) is 11.3 Å². The van der Waals surface area contributed by atoms with Crippen molar-refractivity contribution in [2.75, 3.05) is 11.9 Å². The third kappa shape index (κ3) is 3.99. The highest BCUT2D eigenvalue weighted by Crippen LogP contribution is 2.40. The largest absolute Gasteiger partial charge is 0.462 e. The van der Waals surface area contributed by atoms with E-state index in [1.54, 1.807) is 19.1 Å². The molecule has 3 rings (SSSR count). The standard InChI is InChI=1S/C20H24FNO3SSi/c1-5-25-20(24)17-13-7-6-8-16(23)18(13)26-19(17)22-15-10-9-12(11-14(15)21)27(2,3)4/h9-11,22H,5-8H2,1-4H3. The number of carbonyl (C=O) groups excluding carboxylic acids is 2. The van der Waals surface area contributed by atoms with Crippen LogP contribution in [0.15, 0.2) is 18.2 Å². The van der Waals surface area contributed by atoms with Crippen LogP contribution in [0.2, 0.25) is 19.6 Å². The van der Waals surface area contributed by atoms with Gasteiger partial charge >= 0.3 is 5.97 Å². The molecule has 4 nitrogen and oxygen atoms in total. The van der Waals surface area contributed by atoms with Crippen molar-refractivity contribution in [3.63, 3.8) is 0 Å². The van der Waals surface area contributed by atoms with E-state index in [0.717, 1.165) is 10.8 Å². The number of thiophene rings is 1. The predicted octanol–water partition coefficient (Wildman–Crippen LogP) is 4.87. The Hall–Kier alpha value is -1.99. The van der Waals surface area contributed by atoms with Gasteiger partial charge in [-0.25, -0.2) is 9.18 Å². The van der Waals surface area contributed by atoms with Gasteiger partial charge < -0.3 is 10.1 Å². The molecule has 0 bridgehead atoms. The summed E-state index contributed by atoms with van der Waals surface area (Å²) in [6.45, 7) is 8.46. The van der Waals surface area contributed by atoms with Crippen molar-refractivity contribution < 1.29 is 18.7 Å². The maximum Gasteiger partial charge on any atom is 0.341 e. The van der Waals surface area contributed by atoms with Gasteiger partial charge in [0.05, 0.1) is 30.8 Å². The molecule has 0 saturated heterocycles. The van der Waals surface area contributed by atoms with Gasteiger partial charge in [0, 0.05) is 6.42 Å². The molecule has 0 spiro atoms. The Morgan fingerprint density at radius 2 is 2.04 bits per heavy atom. The molecule has 1 aromatic carbocycles. The Balaban J connectivity index is 2.02. The molecule has 0 aliphatic heterocycles. The second-order valence-corrected chi connectivity index (χ2v) is 13.8. The quantitative estimate of drug-likeness (QED) is 0.569. The summed E-state index contributed by atoms with van der Waals surface area (Å²) in [5.41, 5.74) is 1.41. The minimum absolute atomic E-state index is 0.0365. The summed E-state index contributed by atoms with van der Waals surface area (Å²) in [7, 11) is -1.62. The molecule has 1 heterocycles. The van der Waals surface area contributed by atoms with Gasteiger partial charge in [0.25, 0.3) is 0 Å². The summed E-state index contributed by atoms with van der Waals surface area (Å²) in [5, 5.41) is 4.55. The first-order valence-electron chi connectivity index (χ1n) is 9.15. The lowest BCUT2D eigenvalue weighted by Crippen LogP contribution is -2.37. The third-order valence-corrected chi connectivity index (χ3v) is 7.89. The summed E-state index contributed by atoms with van der Waals surface area (Å²) in [5.74, 6) is -0.789. The number of carbonyl (C=O) groups is 2. The summed E-state index contributed by atoms with van der Waals surface area (Å²) in [4.78, 5) is 25.4. The lowest BCUT2D eigenvalue weighted by atomic mass is 9.94. The highest BCUT2D eigenvalue weighted by atomic mass is 32.1. The van der Waals surface area contributed by atoms with Crippen molar-refractivity contribution >= 4 is 47.0 Å². The number of anilines is 2. The minimum Gasteiger partial charge on any atom is -0.462 e. The number of ether oxygens (including phenoxy) is 1. The van der Waals surface area contributed by atoms with E-state index in [-0.39, 0.29) is 18.2 Å². The molecule has 0 radical (unpaired) electrons. The molecule has 144 valence electrons. The molecule has 0 fully saturated rings. The number of rotatable bonds is 5. The first-order chi connectivity index (χ1) is 12.7. The van der Waals surface area contributed by atoms with Crippen LogP contribution in [-0.4, -0.2) is 26.4 Å². The SMILES string of the molecule is CCOC(=O)c1c(Nc2ccc([Si](C)(C)C)cc2F)sc2c1CCCC2=O. The Kier molecular flexibility index (Phi) is 5.53. The van der Waals surface area contributed by atoms with Crippen LogP contribution in [-0.2, 0) is 11.2 Å². The fourth-order valence-corrected chi connectivity index (χ4v) is 5.54. The lowest BCUT2D eigenvalue weighted by Gasteiger charge is -2.18. The van der Waals surface area contributed by atoms with Crippen molar-refractivity contribution in [2.45, 2.75) is 45.8 Å². The molecule has 0 atom stereocenters. The predicted molar refractivity (Wildman–Crippen MR) is 110 cm³/mol. The van der Waals surface area contributed by atoms with E-state index in [2.05, 4.69) is 25.0 Å². The number of hydrogen-bond donors (Lipinski definition) is 1. The van der Waals surface area contributed by atoms with Crippen LogP contribution in [0, 0.1) is 5.82 Å². The van der Waals surface area contributed by atoms with Gasteiger partial charge in [-0.1, -0.05) is 30.9 Å². The van der Waals surface area contributed by atoms with E-state index in [4.69, 9.17) is 4.74 Å². The maximum atomic E-state index is 14.7. The molecule has 0 unspecified atom stereocenters. The van der Waals surface area contributed by atoms with Crippen LogP contribution < -0.4 is 10.5 Å². The van der Waals surface area contributed by atoms with E-state index in [9.17, 15) is 14.0 Å². The second kappa shape index (κ2) is 7.56. The van der Waals surface area contributed by atoms with Crippen molar-refractivity contribution in [3.05, 3.63) is 40.0 Å². The van der Waals surface area contributed by atoms with E-state index >= 15 is 0 Å². The number of benzene rings is 1. The average Bonchev–Trinajstić information content (AvgIpc) is 2.95. The van der Waals surface area contributed by atoms with E-state index in [1.165, 1.54) is 11.3 Å². The van der Waals surface area contributed by atoms with Crippen molar-refractivity contribution in [1.82, 2.24) is 0 Å². The number of Topliss-reactive ketones (excluding diaryl/α,β-unsaturated/α-hetero) is 1. The van der Waals surface area contributed by atoms with Crippen LogP contribution in [0.4, 0.5) is 15.1 Å². The van der Waals surface area contributed by atoms with Gasteiger partial charge in [-0.05, 0) is 37.5 Å². The van der Waals surface area contributed by atoms with Gasteiger partial charge in [-0.3, -0.25) is 4.79 Å². The fourth-order valence-electron chi connectivity index (χ4n) is 3.18. The third-order valence-electron chi connectivity index (χ3n) is 4.65. The van der Waals surface area contributed by atoms with E-state index in [1.807, 2.05) is 6.07 Å². The maximum absolute atomic E-state index is 14.7. The molecule has 1 aromatic heterocycles. The second-order valence-electron chi connectivity index (χ2n) is 7.68. The summed E-state index contributed by atoms with van der Waals surface area (Å²) in [6, 6.07) is 5.20. The van der Waals surface area contributed by atoms with Crippen molar-refractivity contribution in [2.24, 2.45) is 0 Å². The van der Waals surface area contributed by atoms with Crippen molar-refractivity contribution in [1.29, 1.82) is 0 Å². The smallest absolute Gasteiger partial charge is 0.341 e. The Morgan fingerprint density at radius 3 is 2.67 bits per heavy atom. The average molecular weight is 406 g/mol. The van der Waals surface area contributed by atoms with Crippen LogP contribution in [0.3, 0.4) is 0 Å². The zero-order chi connectivity index (χ0) is 19.8. The number of hydrogen-bond acceptors (Lipinski definition) is 5. The number of fused-ring (bicyclic) bond motifs is 1. The number of esters is 1. The molecule has 1 aliphatic rings. The van der Waals surface area contributed by atoms with Crippen LogP contribution >= 0.6 is 11.3 Å². The summed E-state index contributed by atoms with van der Waals surface area (Å²) in [6.07, 6.45) is 1.85. The molecule has 0 amide bonds.